The lowest BCUT2D eigenvalue weighted by atomic mass is 9.93. The molecule has 2 aliphatic rings. The number of nitrogens with one attached hydrogen (secondary N) is 1. The van der Waals surface area contributed by atoms with Crippen molar-refractivity contribution >= 4 is 12.0 Å². The van der Waals surface area contributed by atoms with Gasteiger partial charge in [0.1, 0.15) is 6.04 Å². The number of hydrogen-bond acceptors (Lipinski definition) is 2. The first-order chi connectivity index (χ1) is 8.58. The average Bonchev–Trinajstić information content (AvgIpc) is 2.81. The van der Waals surface area contributed by atoms with Crippen molar-refractivity contribution in [3.8, 4) is 0 Å². The van der Waals surface area contributed by atoms with E-state index in [1.54, 1.807) is 0 Å². The van der Waals surface area contributed by atoms with Gasteiger partial charge in [-0.05, 0) is 31.6 Å². The predicted octanol–water partition coefficient (Wildman–Crippen LogP) is 1.60. The second kappa shape index (κ2) is 5.42. The van der Waals surface area contributed by atoms with Crippen molar-refractivity contribution < 1.29 is 14.7 Å². The van der Waals surface area contributed by atoms with Gasteiger partial charge in [0.15, 0.2) is 0 Å². The van der Waals surface area contributed by atoms with E-state index < -0.39 is 12.0 Å². The minimum atomic E-state index is -0.902. The SMILES string of the molecule is CC1CCN(C(=O)NC2CC=CC2)C(C(=O)O)C1. The number of piperidine rings is 1. The maximum atomic E-state index is 12.1. The molecule has 2 N–H and O–H groups in total. The van der Waals surface area contributed by atoms with Crippen LogP contribution in [0.3, 0.4) is 0 Å². The van der Waals surface area contributed by atoms with Crippen LogP contribution in [0.2, 0.25) is 0 Å². The van der Waals surface area contributed by atoms with E-state index in [-0.39, 0.29) is 12.1 Å². The maximum Gasteiger partial charge on any atom is 0.326 e. The first kappa shape index (κ1) is 12.9. The number of carbonyl (C=O) groups excluding carboxylic acids is 1. The number of hydrogen-bond donors (Lipinski definition) is 2. The van der Waals surface area contributed by atoms with Crippen LogP contribution in [0.5, 0.6) is 0 Å². The van der Waals surface area contributed by atoms with Gasteiger partial charge in [-0.3, -0.25) is 0 Å². The van der Waals surface area contributed by atoms with Crippen molar-refractivity contribution in [2.75, 3.05) is 6.54 Å². The van der Waals surface area contributed by atoms with Crippen LogP contribution in [-0.4, -0.2) is 40.6 Å². The summed E-state index contributed by atoms with van der Waals surface area (Å²) in [6.45, 7) is 2.57. The summed E-state index contributed by atoms with van der Waals surface area (Å²) in [7, 11) is 0. The molecule has 0 bridgehead atoms. The lowest BCUT2D eigenvalue weighted by Crippen LogP contribution is -2.54. The topological polar surface area (TPSA) is 69.6 Å². The molecule has 1 aliphatic heterocycles. The highest BCUT2D eigenvalue weighted by Crippen LogP contribution is 2.23. The fraction of sp³-hybridized carbons (Fsp3) is 0.692. The standard InChI is InChI=1S/C13H20N2O3/c1-9-6-7-15(11(8-9)12(16)17)13(18)14-10-4-2-3-5-10/h2-3,9-11H,4-8H2,1H3,(H,14,18)(H,16,17). The molecule has 18 heavy (non-hydrogen) atoms. The molecule has 1 heterocycles. The number of carboxylic acid groups (broad SMARTS) is 1. The number of urea groups is 1. The van der Waals surface area contributed by atoms with Crippen molar-refractivity contribution in [3.63, 3.8) is 0 Å². The Morgan fingerprint density at radius 2 is 2.00 bits per heavy atom. The third-order valence-corrected chi connectivity index (χ3v) is 3.75. The highest BCUT2D eigenvalue weighted by Gasteiger charge is 2.35. The number of carboxylic acids is 1. The summed E-state index contributed by atoms with van der Waals surface area (Å²) >= 11 is 0. The molecule has 0 aromatic carbocycles. The summed E-state index contributed by atoms with van der Waals surface area (Å²) in [4.78, 5) is 24.8. The molecule has 1 aliphatic carbocycles. The van der Waals surface area contributed by atoms with Crippen LogP contribution in [0.15, 0.2) is 12.2 Å². The minimum Gasteiger partial charge on any atom is -0.480 e. The Hall–Kier alpha value is -1.52. The van der Waals surface area contributed by atoms with Crippen molar-refractivity contribution in [3.05, 3.63) is 12.2 Å². The molecular weight excluding hydrogens is 232 g/mol. The quantitative estimate of drug-likeness (QED) is 0.733. The molecule has 0 radical (unpaired) electrons. The van der Waals surface area contributed by atoms with Crippen LogP contribution in [0.1, 0.15) is 32.6 Å². The molecule has 100 valence electrons. The smallest absolute Gasteiger partial charge is 0.326 e. The van der Waals surface area contributed by atoms with Gasteiger partial charge in [-0.2, -0.15) is 0 Å². The summed E-state index contributed by atoms with van der Waals surface area (Å²) in [5.74, 6) is -0.537. The zero-order valence-corrected chi connectivity index (χ0v) is 10.6. The fourth-order valence-corrected chi connectivity index (χ4v) is 2.61. The number of amides is 2. The van der Waals surface area contributed by atoms with Gasteiger partial charge >= 0.3 is 12.0 Å². The largest absolute Gasteiger partial charge is 0.480 e. The van der Waals surface area contributed by atoms with Gasteiger partial charge in [-0.1, -0.05) is 19.1 Å². The van der Waals surface area contributed by atoms with Crippen LogP contribution >= 0.6 is 0 Å². The van der Waals surface area contributed by atoms with Gasteiger partial charge in [0.05, 0.1) is 0 Å². The molecule has 5 nitrogen and oxygen atoms in total. The third kappa shape index (κ3) is 2.83. The van der Waals surface area contributed by atoms with Gasteiger partial charge in [-0.25, -0.2) is 9.59 Å². The monoisotopic (exact) mass is 252 g/mol. The zero-order valence-electron chi connectivity index (χ0n) is 10.6. The van der Waals surface area contributed by atoms with E-state index in [9.17, 15) is 14.7 Å². The third-order valence-electron chi connectivity index (χ3n) is 3.75. The lowest BCUT2D eigenvalue weighted by molar-refractivity contribution is -0.143. The van der Waals surface area contributed by atoms with Crippen LogP contribution in [0.4, 0.5) is 4.79 Å². The van der Waals surface area contributed by atoms with Crippen molar-refractivity contribution in [1.29, 1.82) is 0 Å². The number of rotatable bonds is 2. The van der Waals surface area contributed by atoms with E-state index >= 15 is 0 Å². The number of nitrogens with zero attached hydrogens (tertiary/aromatic N) is 1. The molecule has 5 heteroatoms. The molecule has 0 aromatic rings. The summed E-state index contributed by atoms with van der Waals surface area (Å²) in [5, 5.41) is 12.1. The first-order valence-corrected chi connectivity index (χ1v) is 6.53. The molecule has 2 unspecified atom stereocenters. The van der Waals surface area contributed by atoms with Crippen LogP contribution in [0.25, 0.3) is 0 Å². The van der Waals surface area contributed by atoms with Crippen molar-refractivity contribution in [2.45, 2.75) is 44.7 Å². The number of carbonyl (C=O) groups is 2. The molecule has 0 saturated carbocycles. The van der Waals surface area contributed by atoms with E-state index in [4.69, 9.17) is 0 Å². The van der Waals surface area contributed by atoms with Crippen LogP contribution in [-0.2, 0) is 4.79 Å². The fourth-order valence-electron chi connectivity index (χ4n) is 2.61. The predicted molar refractivity (Wildman–Crippen MR) is 67.2 cm³/mol. The van der Waals surface area contributed by atoms with Crippen molar-refractivity contribution in [1.82, 2.24) is 10.2 Å². The van der Waals surface area contributed by atoms with Crippen LogP contribution in [0, 0.1) is 5.92 Å². The molecule has 2 amide bonds. The molecule has 1 saturated heterocycles. The van der Waals surface area contributed by atoms with Gasteiger partial charge in [0.25, 0.3) is 0 Å². The van der Waals surface area contributed by atoms with Crippen molar-refractivity contribution in [2.24, 2.45) is 5.92 Å². The van der Waals surface area contributed by atoms with Gasteiger partial charge in [-0.15, -0.1) is 0 Å². The maximum absolute atomic E-state index is 12.1. The zero-order chi connectivity index (χ0) is 13.1. The van der Waals surface area contributed by atoms with E-state index in [1.807, 2.05) is 19.1 Å². The molecule has 1 fully saturated rings. The Balaban J connectivity index is 1.96. The Morgan fingerprint density at radius 3 is 2.61 bits per heavy atom. The molecule has 0 aromatic heterocycles. The first-order valence-electron chi connectivity index (χ1n) is 6.53. The second-order valence-electron chi connectivity index (χ2n) is 5.27. The molecule has 2 atom stereocenters. The molecular formula is C13H20N2O3. The number of aliphatic carboxylic acids is 1. The Labute approximate surface area is 107 Å². The highest BCUT2D eigenvalue weighted by atomic mass is 16.4. The van der Waals surface area contributed by atoms with E-state index in [1.165, 1.54) is 4.90 Å². The van der Waals surface area contributed by atoms with Crippen LogP contribution < -0.4 is 5.32 Å². The Kier molecular flexibility index (Phi) is 3.89. The van der Waals surface area contributed by atoms with Gasteiger partial charge < -0.3 is 15.3 Å². The number of likely N-dealkylation sites (tertiary alicyclic amines) is 1. The Bertz CT molecular complexity index is 359. The highest BCUT2D eigenvalue weighted by molar-refractivity contribution is 5.83. The lowest BCUT2D eigenvalue weighted by Gasteiger charge is -2.36. The van der Waals surface area contributed by atoms with E-state index in [0.29, 0.717) is 18.9 Å². The van der Waals surface area contributed by atoms with E-state index in [2.05, 4.69) is 5.32 Å². The normalized spacial score (nSPS) is 28.4. The molecule has 2 rings (SSSR count). The summed E-state index contributed by atoms with van der Waals surface area (Å²) in [5.41, 5.74) is 0. The Morgan fingerprint density at radius 1 is 1.33 bits per heavy atom. The van der Waals surface area contributed by atoms with Gasteiger partial charge in [0, 0.05) is 12.6 Å². The van der Waals surface area contributed by atoms with Gasteiger partial charge in [0.2, 0.25) is 0 Å². The second-order valence-corrected chi connectivity index (χ2v) is 5.27. The average molecular weight is 252 g/mol. The minimum absolute atomic E-state index is 0.131. The summed E-state index contributed by atoms with van der Waals surface area (Å²) in [6, 6.07) is -0.780. The summed E-state index contributed by atoms with van der Waals surface area (Å²) < 4.78 is 0. The molecule has 0 spiro atoms. The summed E-state index contributed by atoms with van der Waals surface area (Å²) in [6.07, 6.45) is 7.18. The van der Waals surface area contributed by atoms with E-state index in [0.717, 1.165) is 19.3 Å².